The Bertz CT molecular complexity index is 349. The van der Waals surface area contributed by atoms with Gasteiger partial charge in [-0.05, 0) is 34.7 Å². The Balaban J connectivity index is 2.89. The van der Waals surface area contributed by atoms with E-state index in [0.29, 0.717) is 11.1 Å². The molecular formula is C11H16BrClN2S. The molecule has 0 radical (unpaired) electrons. The van der Waals surface area contributed by atoms with Crippen molar-refractivity contribution in [3.8, 4) is 0 Å². The van der Waals surface area contributed by atoms with E-state index in [1.165, 1.54) is 0 Å². The highest BCUT2D eigenvalue weighted by Crippen LogP contribution is 2.27. The summed E-state index contributed by atoms with van der Waals surface area (Å²) in [5, 5.41) is 0.655. The lowest BCUT2D eigenvalue weighted by atomic mass is 10.2. The van der Waals surface area contributed by atoms with Crippen molar-refractivity contribution in [2.75, 3.05) is 24.0 Å². The maximum absolute atomic E-state index is 5.88. The molecule has 0 aromatic carbocycles. The van der Waals surface area contributed by atoms with Crippen molar-refractivity contribution >= 4 is 45.1 Å². The van der Waals surface area contributed by atoms with Gasteiger partial charge in [-0.1, -0.05) is 18.5 Å². The van der Waals surface area contributed by atoms with Gasteiger partial charge in [0, 0.05) is 25.0 Å². The third-order valence-corrected chi connectivity index (χ3v) is 4.01. The van der Waals surface area contributed by atoms with Gasteiger partial charge in [0.25, 0.3) is 0 Å². The van der Waals surface area contributed by atoms with Crippen molar-refractivity contribution in [2.24, 2.45) is 0 Å². The summed E-state index contributed by atoms with van der Waals surface area (Å²) in [6.07, 6.45) is 4.92. The summed E-state index contributed by atoms with van der Waals surface area (Å²) in [7, 11) is 2.07. The van der Waals surface area contributed by atoms with E-state index >= 15 is 0 Å². The van der Waals surface area contributed by atoms with Crippen LogP contribution in [0.15, 0.2) is 16.7 Å². The van der Waals surface area contributed by atoms with Crippen LogP contribution in [0.3, 0.4) is 0 Å². The lowest BCUT2D eigenvalue weighted by Gasteiger charge is -2.28. The number of hydrogen-bond donors (Lipinski definition) is 0. The zero-order valence-corrected chi connectivity index (χ0v) is 12.9. The lowest BCUT2D eigenvalue weighted by Crippen LogP contribution is -2.34. The van der Waals surface area contributed by atoms with Crippen LogP contribution < -0.4 is 4.90 Å². The molecular weight excluding hydrogens is 308 g/mol. The molecule has 90 valence electrons. The van der Waals surface area contributed by atoms with E-state index in [0.717, 1.165) is 22.5 Å². The standard InChI is InChI=1S/C11H16BrClN2S/c1-4-9(7-16-3)15(2)11-10(12)5-8(13)6-14-11/h5-6,9H,4,7H2,1-3H3. The van der Waals surface area contributed by atoms with Gasteiger partial charge >= 0.3 is 0 Å². The number of rotatable bonds is 5. The predicted molar refractivity (Wildman–Crippen MR) is 77.8 cm³/mol. The van der Waals surface area contributed by atoms with E-state index in [1.807, 2.05) is 17.8 Å². The van der Waals surface area contributed by atoms with Crippen molar-refractivity contribution < 1.29 is 0 Å². The third-order valence-electron chi connectivity index (χ3n) is 2.50. The van der Waals surface area contributed by atoms with Gasteiger partial charge in [0.05, 0.1) is 9.50 Å². The van der Waals surface area contributed by atoms with Gasteiger partial charge in [-0.25, -0.2) is 4.98 Å². The number of aromatic nitrogens is 1. The fraction of sp³-hybridized carbons (Fsp3) is 0.545. The molecule has 0 saturated carbocycles. The first-order valence-corrected chi connectivity index (χ1v) is 7.69. The molecule has 0 aliphatic heterocycles. The highest BCUT2D eigenvalue weighted by atomic mass is 79.9. The summed E-state index contributed by atoms with van der Waals surface area (Å²) in [4.78, 5) is 6.57. The van der Waals surface area contributed by atoms with E-state index in [4.69, 9.17) is 11.6 Å². The molecule has 1 atom stereocenters. The Kier molecular flexibility index (Phi) is 5.94. The van der Waals surface area contributed by atoms with Crippen LogP contribution in [0.5, 0.6) is 0 Å². The van der Waals surface area contributed by atoms with E-state index < -0.39 is 0 Å². The van der Waals surface area contributed by atoms with E-state index in [-0.39, 0.29) is 0 Å². The topological polar surface area (TPSA) is 16.1 Å². The Morgan fingerprint density at radius 2 is 2.31 bits per heavy atom. The molecule has 5 heteroatoms. The van der Waals surface area contributed by atoms with Crippen molar-refractivity contribution in [3.05, 3.63) is 21.8 Å². The molecule has 1 heterocycles. The molecule has 0 saturated heterocycles. The minimum atomic E-state index is 0.500. The highest BCUT2D eigenvalue weighted by molar-refractivity contribution is 9.10. The van der Waals surface area contributed by atoms with Crippen LogP contribution in [0.4, 0.5) is 5.82 Å². The minimum absolute atomic E-state index is 0.500. The summed E-state index contributed by atoms with van der Waals surface area (Å²) in [5.74, 6) is 2.05. The number of halogens is 2. The summed E-state index contributed by atoms with van der Waals surface area (Å²) in [6.45, 7) is 2.20. The molecule has 1 rings (SSSR count). The second kappa shape index (κ2) is 6.72. The van der Waals surface area contributed by atoms with Gasteiger partial charge in [-0.2, -0.15) is 11.8 Å². The Hall–Kier alpha value is 0.0700. The second-order valence-corrected chi connectivity index (χ2v) is 5.79. The van der Waals surface area contributed by atoms with E-state index in [1.54, 1.807) is 6.20 Å². The summed E-state index contributed by atoms with van der Waals surface area (Å²) >= 11 is 11.2. The van der Waals surface area contributed by atoms with Crippen LogP contribution in [0.25, 0.3) is 0 Å². The number of pyridine rings is 1. The van der Waals surface area contributed by atoms with E-state index in [2.05, 4.69) is 46.0 Å². The normalized spacial score (nSPS) is 12.6. The van der Waals surface area contributed by atoms with Gasteiger partial charge in [0.2, 0.25) is 0 Å². The molecule has 1 aromatic heterocycles. The Morgan fingerprint density at radius 3 is 2.81 bits per heavy atom. The van der Waals surface area contributed by atoms with Crippen molar-refractivity contribution in [1.29, 1.82) is 0 Å². The smallest absolute Gasteiger partial charge is 0.142 e. The van der Waals surface area contributed by atoms with Crippen LogP contribution >= 0.6 is 39.3 Å². The molecule has 0 aliphatic carbocycles. The van der Waals surface area contributed by atoms with Crippen LogP contribution in [0.1, 0.15) is 13.3 Å². The maximum Gasteiger partial charge on any atom is 0.142 e. The number of nitrogens with zero attached hydrogens (tertiary/aromatic N) is 2. The average Bonchev–Trinajstić information content (AvgIpc) is 2.25. The fourth-order valence-electron chi connectivity index (χ4n) is 1.54. The molecule has 1 aromatic rings. The first-order valence-electron chi connectivity index (χ1n) is 5.13. The van der Waals surface area contributed by atoms with Crippen LogP contribution in [0, 0.1) is 0 Å². The molecule has 1 unspecified atom stereocenters. The summed E-state index contributed by atoms with van der Waals surface area (Å²) in [6, 6.07) is 2.38. The van der Waals surface area contributed by atoms with Gasteiger partial charge < -0.3 is 4.90 Å². The van der Waals surface area contributed by atoms with Gasteiger partial charge in [0.1, 0.15) is 5.82 Å². The SMILES string of the molecule is CCC(CSC)N(C)c1ncc(Cl)cc1Br. The Labute approximate surface area is 115 Å². The molecule has 0 fully saturated rings. The second-order valence-electron chi connectivity index (χ2n) is 3.59. The lowest BCUT2D eigenvalue weighted by molar-refractivity contribution is 0.665. The van der Waals surface area contributed by atoms with Crippen LogP contribution in [0.2, 0.25) is 5.02 Å². The van der Waals surface area contributed by atoms with Gasteiger partial charge in [-0.15, -0.1) is 0 Å². The zero-order chi connectivity index (χ0) is 12.1. The number of anilines is 1. The third kappa shape index (κ3) is 3.54. The maximum atomic E-state index is 5.88. The quantitative estimate of drug-likeness (QED) is 0.812. The fourth-order valence-corrected chi connectivity index (χ4v) is 3.30. The molecule has 0 amide bonds. The van der Waals surface area contributed by atoms with Crippen molar-refractivity contribution in [3.63, 3.8) is 0 Å². The minimum Gasteiger partial charge on any atom is -0.355 e. The zero-order valence-electron chi connectivity index (χ0n) is 9.70. The first kappa shape index (κ1) is 14.1. The molecule has 0 spiro atoms. The van der Waals surface area contributed by atoms with E-state index in [9.17, 15) is 0 Å². The highest BCUT2D eigenvalue weighted by Gasteiger charge is 2.16. The van der Waals surface area contributed by atoms with Crippen molar-refractivity contribution in [1.82, 2.24) is 4.98 Å². The molecule has 0 N–H and O–H groups in total. The molecule has 0 bridgehead atoms. The average molecular weight is 324 g/mol. The predicted octanol–water partition coefficient (Wildman–Crippen LogP) is 4.08. The number of thioether (sulfide) groups is 1. The monoisotopic (exact) mass is 322 g/mol. The summed E-state index contributed by atoms with van der Waals surface area (Å²) < 4.78 is 0.946. The largest absolute Gasteiger partial charge is 0.355 e. The first-order chi connectivity index (χ1) is 7.60. The van der Waals surface area contributed by atoms with Crippen molar-refractivity contribution in [2.45, 2.75) is 19.4 Å². The Morgan fingerprint density at radius 1 is 1.62 bits per heavy atom. The molecule has 16 heavy (non-hydrogen) atoms. The van der Waals surface area contributed by atoms with Gasteiger partial charge in [-0.3, -0.25) is 0 Å². The van der Waals surface area contributed by atoms with Crippen LogP contribution in [-0.4, -0.2) is 30.1 Å². The molecule has 2 nitrogen and oxygen atoms in total. The molecule has 0 aliphatic rings. The summed E-state index contributed by atoms with van der Waals surface area (Å²) in [5.41, 5.74) is 0. The van der Waals surface area contributed by atoms with Crippen LogP contribution in [-0.2, 0) is 0 Å². The number of hydrogen-bond acceptors (Lipinski definition) is 3. The van der Waals surface area contributed by atoms with Gasteiger partial charge in [0.15, 0.2) is 0 Å².